The van der Waals surface area contributed by atoms with E-state index in [1.54, 1.807) is 42.2 Å². The zero-order valence-corrected chi connectivity index (χ0v) is 12.3. The van der Waals surface area contributed by atoms with Gasteiger partial charge in [-0.15, -0.1) is 0 Å². The number of carbonyl (C=O) groups is 1. The van der Waals surface area contributed by atoms with Crippen molar-refractivity contribution in [1.29, 1.82) is 0 Å². The van der Waals surface area contributed by atoms with Crippen LogP contribution in [0.3, 0.4) is 0 Å². The fraction of sp³-hybridized carbons (Fsp3) is 0.286. The van der Waals surface area contributed by atoms with Crippen LogP contribution in [0.15, 0.2) is 40.7 Å². The molecule has 1 N–H and O–H groups in total. The monoisotopic (exact) mass is 302 g/mol. The highest BCUT2D eigenvalue weighted by Gasteiger charge is 2.27. The molecule has 21 heavy (non-hydrogen) atoms. The second-order valence-electron chi connectivity index (χ2n) is 4.86. The number of carbonyl (C=O) groups excluding carboxylic acids is 1. The van der Waals surface area contributed by atoms with Crippen molar-refractivity contribution >= 4 is 23.4 Å². The summed E-state index contributed by atoms with van der Waals surface area (Å²) < 4.78 is 1.63. The van der Waals surface area contributed by atoms with Gasteiger partial charge in [-0.25, -0.2) is 4.98 Å². The van der Waals surface area contributed by atoms with Gasteiger partial charge in [0.25, 0.3) is 5.56 Å². The van der Waals surface area contributed by atoms with Crippen LogP contribution in [0.5, 0.6) is 0 Å². The summed E-state index contributed by atoms with van der Waals surface area (Å²) in [4.78, 5) is 32.5. The zero-order chi connectivity index (χ0) is 14.8. The van der Waals surface area contributed by atoms with Gasteiger partial charge in [0.1, 0.15) is 0 Å². The number of nitrogens with zero attached hydrogens (tertiary/aromatic N) is 3. The summed E-state index contributed by atoms with van der Waals surface area (Å²) in [5.41, 5.74) is 1.19. The second-order valence-corrected chi connectivity index (χ2v) is 5.84. The molecule has 1 amide bonds. The Morgan fingerprint density at radius 3 is 3.14 bits per heavy atom. The molecule has 0 saturated carbocycles. The lowest BCUT2D eigenvalue weighted by Gasteiger charge is -2.13. The van der Waals surface area contributed by atoms with E-state index in [4.69, 9.17) is 0 Å². The molecule has 7 heteroatoms. The quantitative estimate of drug-likeness (QED) is 0.872. The number of hydrogen-bond acceptors (Lipinski definition) is 5. The molecule has 0 fully saturated rings. The SMILES string of the molecule is Cc1cnc2n(c1=O)[C@@H](CC(=O)Nc1cccnc1)CS2. The van der Waals surface area contributed by atoms with E-state index in [0.29, 0.717) is 22.2 Å². The first-order chi connectivity index (χ1) is 10.1. The summed E-state index contributed by atoms with van der Waals surface area (Å²) in [5.74, 6) is 0.557. The van der Waals surface area contributed by atoms with Crippen molar-refractivity contribution in [2.24, 2.45) is 0 Å². The molecule has 2 aromatic rings. The maximum atomic E-state index is 12.2. The highest BCUT2D eigenvalue weighted by molar-refractivity contribution is 7.99. The van der Waals surface area contributed by atoms with E-state index < -0.39 is 0 Å². The lowest BCUT2D eigenvalue weighted by atomic mass is 10.2. The molecule has 2 aromatic heterocycles. The molecule has 0 saturated heterocycles. The molecule has 0 unspecified atom stereocenters. The molecule has 3 rings (SSSR count). The molecular formula is C14H14N4O2S. The fourth-order valence-corrected chi connectivity index (χ4v) is 3.34. The van der Waals surface area contributed by atoms with Crippen LogP contribution in [0.1, 0.15) is 18.0 Å². The van der Waals surface area contributed by atoms with Gasteiger partial charge in [0.2, 0.25) is 5.91 Å². The van der Waals surface area contributed by atoms with Crippen molar-refractivity contribution < 1.29 is 4.79 Å². The van der Waals surface area contributed by atoms with Crippen LogP contribution in [0, 0.1) is 6.92 Å². The van der Waals surface area contributed by atoms with Gasteiger partial charge in [0, 0.05) is 30.1 Å². The van der Waals surface area contributed by atoms with E-state index in [1.165, 1.54) is 11.8 Å². The number of amides is 1. The minimum Gasteiger partial charge on any atom is -0.325 e. The molecule has 1 aliphatic heterocycles. The first-order valence-corrected chi connectivity index (χ1v) is 7.54. The molecule has 6 nitrogen and oxygen atoms in total. The van der Waals surface area contributed by atoms with E-state index in [9.17, 15) is 9.59 Å². The Morgan fingerprint density at radius 1 is 1.52 bits per heavy atom. The largest absolute Gasteiger partial charge is 0.325 e. The summed E-state index contributed by atoms with van der Waals surface area (Å²) in [6.07, 6.45) is 5.07. The predicted molar refractivity (Wildman–Crippen MR) is 80.5 cm³/mol. The molecule has 3 heterocycles. The highest BCUT2D eigenvalue weighted by atomic mass is 32.2. The third-order valence-corrected chi connectivity index (χ3v) is 4.38. The van der Waals surface area contributed by atoms with Gasteiger partial charge in [-0.1, -0.05) is 11.8 Å². The van der Waals surface area contributed by atoms with Crippen LogP contribution < -0.4 is 10.9 Å². The number of fused-ring (bicyclic) bond motifs is 1. The minimum absolute atomic E-state index is 0.0656. The summed E-state index contributed by atoms with van der Waals surface area (Å²) in [5, 5.41) is 3.47. The van der Waals surface area contributed by atoms with E-state index >= 15 is 0 Å². The number of aromatic nitrogens is 3. The maximum Gasteiger partial charge on any atom is 0.257 e. The van der Waals surface area contributed by atoms with Crippen LogP contribution in [0.2, 0.25) is 0 Å². The topological polar surface area (TPSA) is 76.9 Å². The van der Waals surface area contributed by atoms with Crippen LogP contribution in [0.4, 0.5) is 5.69 Å². The number of aryl methyl sites for hydroxylation is 1. The lowest BCUT2D eigenvalue weighted by molar-refractivity contribution is -0.116. The Kier molecular flexibility index (Phi) is 3.74. The molecule has 0 bridgehead atoms. The first-order valence-electron chi connectivity index (χ1n) is 6.56. The van der Waals surface area contributed by atoms with Gasteiger partial charge in [0.15, 0.2) is 5.16 Å². The molecule has 0 aromatic carbocycles. The first kappa shape index (κ1) is 13.8. The van der Waals surface area contributed by atoms with Gasteiger partial charge < -0.3 is 5.32 Å². The van der Waals surface area contributed by atoms with Crippen molar-refractivity contribution in [3.63, 3.8) is 0 Å². The summed E-state index contributed by atoms with van der Waals surface area (Å²) in [6.45, 7) is 1.73. The van der Waals surface area contributed by atoms with Crippen molar-refractivity contribution in [2.75, 3.05) is 11.1 Å². The molecule has 1 aliphatic rings. The Bertz CT molecular complexity index is 729. The standard InChI is InChI=1S/C14H14N4O2S/c1-9-6-16-14-18(13(9)20)11(8-21-14)5-12(19)17-10-3-2-4-15-7-10/h2-4,6-7,11H,5,8H2,1H3,(H,17,19)/t11-/m0/s1. The Morgan fingerprint density at radius 2 is 2.38 bits per heavy atom. The third-order valence-electron chi connectivity index (χ3n) is 3.27. The number of thioether (sulfide) groups is 1. The summed E-state index contributed by atoms with van der Waals surface area (Å²) in [7, 11) is 0. The average Bonchev–Trinajstić information content (AvgIpc) is 2.87. The fourth-order valence-electron chi connectivity index (χ4n) is 2.23. The van der Waals surface area contributed by atoms with Gasteiger partial charge in [-0.2, -0.15) is 0 Å². The Labute approximate surface area is 125 Å². The van der Waals surface area contributed by atoms with Crippen LogP contribution in [-0.4, -0.2) is 26.2 Å². The van der Waals surface area contributed by atoms with Crippen molar-refractivity contribution in [3.05, 3.63) is 46.6 Å². The smallest absolute Gasteiger partial charge is 0.257 e. The van der Waals surface area contributed by atoms with Gasteiger partial charge in [0.05, 0.1) is 17.9 Å². The molecule has 0 spiro atoms. The predicted octanol–water partition coefficient (Wildman–Crippen LogP) is 1.62. The molecular weight excluding hydrogens is 288 g/mol. The normalized spacial score (nSPS) is 16.5. The van der Waals surface area contributed by atoms with Gasteiger partial charge >= 0.3 is 0 Å². The Balaban J connectivity index is 1.75. The van der Waals surface area contributed by atoms with Gasteiger partial charge in [-0.05, 0) is 19.1 Å². The molecule has 0 radical (unpaired) electrons. The minimum atomic E-state index is -0.151. The third kappa shape index (κ3) is 2.82. The molecule has 0 aliphatic carbocycles. The number of rotatable bonds is 3. The number of pyridine rings is 1. The number of hydrogen-bond donors (Lipinski definition) is 1. The van der Waals surface area contributed by atoms with Gasteiger partial charge in [-0.3, -0.25) is 19.1 Å². The van der Waals surface area contributed by atoms with E-state index in [-0.39, 0.29) is 23.9 Å². The second kappa shape index (κ2) is 5.69. The van der Waals surface area contributed by atoms with Crippen LogP contribution >= 0.6 is 11.8 Å². The Hall–Kier alpha value is -2.15. The highest BCUT2D eigenvalue weighted by Crippen LogP contribution is 2.31. The van der Waals surface area contributed by atoms with E-state index in [2.05, 4.69) is 15.3 Å². The maximum absolute atomic E-state index is 12.2. The molecule has 108 valence electrons. The van der Waals surface area contributed by atoms with E-state index in [0.717, 1.165) is 0 Å². The van der Waals surface area contributed by atoms with Crippen molar-refractivity contribution in [1.82, 2.24) is 14.5 Å². The number of nitrogens with one attached hydrogen (secondary N) is 1. The summed E-state index contributed by atoms with van der Waals surface area (Å²) >= 11 is 1.51. The molecule has 1 atom stereocenters. The van der Waals surface area contributed by atoms with Crippen LogP contribution in [0.25, 0.3) is 0 Å². The van der Waals surface area contributed by atoms with E-state index in [1.807, 2.05) is 0 Å². The summed E-state index contributed by atoms with van der Waals surface area (Å²) in [6, 6.07) is 3.38. The van der Waals surface area contributed by atoms with Crippen molar-refractivity contribution in [3.8, 4) is 0 Å². The number of anilines is 1. The van der Waals surface area contributed by atoms with Crippen LogP contribution in [-0.2, 0) is 4.79 Å². The van der Waals surface area contributed by atoms with Crippen molar-refractivity contribution in [2.45, 2.75) is 24.5 Å². The zero-order valence-electron chi connectivity index (χ0n) is 11.4. The lowest BCUT2D eigenvalue weighted by Crippen LogP contribution is -2.28. The average molecular weight is 302 g/mol.